The monoisotopic (exact) mass is 486 g/mol. The van der Waals surface area contributed by atoms with E-state index in [9.17, 15) is 14.4 Å². The van der Waals surface area contributed by atoms with Crippen molar-refractivity contribution in [2.45, 2.75) is 82.1 Å². The minimum absolute atomic E-state index is 0.158. The van der Waals surface area contributed by atoms with Crippen molar-refractivity contribution in [2.75, 3.05) is 27.9 Å². The van der Waals surface area contributed by atoms with Gasteiger partial charge in [0.2, 0.25) is 0 Å². The average molecular weight is 487 g/mol. The maximum atomic E-state index is 12.3. The van der Waals surface area contributed by atoms with Gasteiger partial charge in [-0.25, -0.2) is 14.4 Å². The summed E-state index contributed by atoms with van der Waals surface area (Å²) in [6.07, 6.45) is -1.70. The standard InChI is InChI=1S/C22H38N2O8Si/c1-8-33(9-2,10-3)32-19-16(30-13-17-18(19)24(5)22(27)31-17)12-14(4)11-15(20(25)28-6)23-21(26)29-7/h15-19H,4,8-13H2,1-3,5-7H3,(H,23,26)/t15-,16+,17+,18+,19-/m0/s1. The van der Waals surface area contributed by atoms with Crippen molar-refractivity contribution < 1.29 is 37.8 Å². The number of fused-ring (bicyclic) bond motifs is 1. The van der Waals surface area contributed by atoms with Crippen LogP contribution < -0.4 is 5.32 Å². The number of nitrogens with one attached hydrogen (secondary N) is 1. The lowest BCUT2D eigenvalue weighted by molar-refractivity contribution is -0.143. The predicted octanol–water partition coefficient (Wildman–Crippen LogP) is 2.83. The molecule has 10 nitrogen and oxygen atoms in total. The van der Waals surface area contributed by atoms with Gasteiger partial charge in [0.05, 0.1) is 33.0 Å². The van der Waals surface area contributed by atoms with E-state index in [0.717, 1.165) is 18.1 Å². The van der Waals surface area contributed by atoms with Gasteiger partial charge in [-0.15, -0.1) is 0 Å². The molecule has 0 aliphatic carbocycles. The first-order chi connectivity index (χ1) is 15.6. The third kappa shape index (κ3) is 6.27. The number of rotatable bonds is 11. The molecule has 5 atom stereocenters. The molecule has 2 heterocycles. The van der Waals surface area contributed by atoms with E-state index in [0.29, 0.717) is 12.0 Å². The number of carbonyl (C=O) groups is 3. The van der Waals surface area contributed by atoms with Crippen molar-refractivity contribution in [3.8, 4) is 0 Å². The number of carbonyl (C=O) groups excluding carboxylic acids is 3. The number of esters is 1. The van der Waals surface area contributed by atoms with E-state index in [1.165, 1.54) is 14.2 Å². The van der Waals surface area contributed by atoms with Gasteiger partial charge in [-0.2, -0.15) is 0 Å². The predicted molar refractivity (Wildman–Crippen MR) is 123 cm³/mol. The third-order valence-corrected chi connectivity index (χ3v) is 11.4. The van der Waals surface area contributed by atoms with E-state index in [1.54, 1.807) is 11.9 Å². The zero-order valence-electron chi connectivity index (χ0n) is 20.5. The Balaban J connectivity index is 2.22. The highest BCUT2D eigenvalue weighted by Gasteiger charge is 2.53. The Morgan fingerprint density at radius 1 is 1.21 bits per heavy atom. The van der Waals surface area contributed by atoms with Crippen molar-refractivity contribution in [3.63, 3.8) is 0 Å². The Kier molecular flexibility index (Phi) is 9.74. The molecule has 11 heteroatoms. The largest absolute Gasteiger partial charge is 0.467 e. The van der Waals surface area contributed by atoms with E-state index < -0.39 is 32.5 Å². The van der Waals surface area contributed by atoms with Gasteiger partial charge in [0, 0.05) is 7.05 Å². The summed E-state index contributed by atoms with van der Waals surface area (Å²) in [5, 5.41) is 2.48. The Hall–Kier alpha value is -2.11. The summed E-state index contributed by atoms with van der Waals surface area (Å²) >= 11 is 0. The highest BCUT2D eigenvalue weighted by molar-refractivity contribution is 6.73. The van der Waals surface area contributed by atoms with Crippen molar-refractivity contribution >= 4 is 26.5 Å². The fraction of sp³-hybridized carbons (Fsp3) is 0.773. The molecule has 0 saturated carbocycles. The normalized spacial score (nSPS) is 25.6. The molecular formula is C22H38N2O8Si. The highest BCUT2D eigenvalue weighted by atomic mass is 28.4. The van der Waals surface area contributed by atoms with Gasteiger partial charge in [-0.05, 0) is 31.0 Å². The smallest absolute Gasteiger partial charge is 0.410 e. The van der Waals surface area contributed by atoms with E-state index in [1.807, 2.05) is 0 Å². The Morgan fingerprint density at radius 2 is 1.85 bits per heavy atom. The summed E-state index contributed by atoms with van der Waals surface area (Å²) in [7, 11) is 2.16. The molecular weight excluding hydrogens is 448 g/mol. The molecule has 2 saturated heterocycles. The molecule has 0 aromatic carbocycles. The van der Waals surface area contributed by atoms with Gasteiger partial charge in [0.1, 0.15) is 18.2 Å². The fourth-order valence-corrected chi connectivity index (χ4v) is 7.42. The topological polar surface area (TPSA) is 113 Å². The second-order valence-electron chi connectivity index (χ2n) is 8.59. The van der Waals surface area contributed by atoms with Gasteiger partial charge in [0.15, 0.2) is 8.32 Å². The lowest BCUT2D eigenvalue weighted by Crippen LogP contribution is -2.60. The summed E-state index contributed by atoms with van der Waals surface area (Å²) in [6.45, 7) is 10.8. The zero-order valence-corrected chi connectivity index (χ0v) is 21.5. The summed E-state index contributed by atoms with van der Waals surface area (Å²) in [6, 6.07) is 1.67. The molecule has 0 radical (unpaired) electrons. The Bertz CT molecular complexity index is 721. The summed E-state index contributed by atoms with van der Waals surface area (Å²) < 4.78 is 27.9. The van der Waals surface area contributed by atoms with E-state index in [4.69, 9.17) is 18.6 Å². The second kappa shape index (κ2) is 11.8. The van der Waals surface area contributed by atoms with Crippen LogP contribution >= 0.6 is 0 Å². The molecule has 2 aliphatic heterocycles. The van der Waals surface area contributed by atoms with Crippen molar-refractivity contribution in [1.82, 2.24) is 10.2 Å². The Labute approximate surface area is 197 Å². The second-order valence-corrected chi connectivity index (χ2v) is 13.3. The van der Waals surface area contributed by atoms with Crippen molar-refractivity contribution in [2.24, 2.45) is 0 Å². The molecule has 188 valence electrons. The van der Waals surface area contributed by atoms with Crippen molar-refractivity contribution in [1.29, 1.82) is 0 Å². The SMILES string of the molecule is C=C(C[C@H](NC(=O)OC)C(=O)OC)C[C@H]1OC[C@H]2OC(=O)N(C)[C@H]2[C@H]1O[Si](CC)(CC)CC. The van der Waals surface area contributed by atoms with E-state index in [2.05, 4.69) is 37.4 Å². The van der Waals surface area contributed by atoms with Crippen LogP contribution in [0.5, 0.6) is 0 Å². The first kappa shape index (κ1) is 27.1. The maximum Gasteiger partial charge on any atom is 0.410 e. The van der Waals surface area contributed by atoms with Crippen LogP contribution in [0, 0.1) is 0 Å². The number of ether oxygens (including phenoxy) is 4. The first-order valence-electron chi connectivity index (χ1n) is 11.5. The summed E-state index contributed by atoms with van der Waals surface area (Å²) in [5.74, 6) is -0.595. The number of likely N-dealkylation sites (N-methyl/N-ethyl adjacent to an activating group) is 1. The highest BCUT2D eigenvalue weighted by Crippen LogP contribution is 2.36. The average Bonchev–Trinajstić information content (AvgIpc) is 3.11. The van der Waals surface area contributed by atoms with Crippen molar-refractivity contribution in [3.05, 3.63) is 12.2 Å². The lowest BCUT2D eigenvalue weighted by Gasteiger charge is -2.45. The molecule has 1 N–H and O–H groups in total. The van der Waals surface area contributed by atoms with Crippen LogP contribution in [0.4, 0.5) is 9.59 Å². The third-order valence-electron chi connectivity index (χ3n) is 6.81. The zero-order chi connectivity index (χ0) is 24.8. The quantitative estimate of drug-likeness (QED) is 0.205. The molecule has 0 bridgehead atoms. The molecule has 2 amide bonds. The van der Waals surface area contributed by atoms with Gasteiger partial charge in [-0.3, -0.25) is 0 Å². The number of alkyl carbamates (subject to hydrolysis) is 1. The fourth-order valence-electron chi connectivity index (χ4n) is 4.55. The van der Waals surface area contributed by atoms with Gasteiger partial charge in [0.25, 0.3) is 0 Å². The molecule has 0 aromatic rings. The van der Waals surface area contributed by atoms with E-state index >= 15 is 0 Å². The van der Waals surface area contributed by atoms with Crippen LogP contribution in [0.3, 0.4) is 0 Å². The minimum atomic E-state index is -2.04. The molecule has 0 unspecified atom stereocenters. The van der Waals surface area contributed by atoms with Crippen LogP contribution in [0.25, 0.3) is 0 Å². The molecule has 2 fully saturated rings. The number of amides is 2. The first-order valence-corrected chi connectivity index (χ1v) is 14.0. The summed E-state index contributed by atoms with van der Waals surface area (Å²) in [4.78, 5) is 37.7. The van der Waals surface area contributed by atoms with Crippen LogP contribution in [0.2, 0.25) is 18.1 Å². The van der Waals surface area contributed by atoms with Crippen LogP contribution in [-0.4, -0.2) is 89.6 Å². The number of hydrogen-bond donors (Lipinski definition) is 1. The lowest BCUT2D eigenvalue weighted by atomic mass is 9.91. The molecule has 33 heavy (non-hydrogen) atoms. The minimum Gasteiger partial charge on any atom is -0.467 e. The van der Waals surface area contributed by atoms with Crippen LogP contribution in [0.15, 0.2) is 12.2 Å². The number of hydrogen-bond acceptors (Lipinski definition) is 8. The van der Waals surface area contributed by atoms with Gasteiger partial charge in [-0.1, -0.05) is 32.9 Å². The summed E-state index contributed by atoms with van der Waals surface area (Å²) in [5.41, 5.74) is 0.684. The van der Waals surface area contributed by atoms with Crippen LogP contribution in [-0.2, 0) is 28.2 Å². The van der Waals surface area contributed by atoms with Gasteiger partial charge < -0.3 is 33.6 Å². The molecule has 0 spiro atoms. The van der Waals surface area contributed by atoms with Crippen LogP contribution in [0.1, 0.15) is 33.6 Å². The number of nitrogens with zero attached hydrogens (tertiary/aromatic N) is 1. The Morgan fingerprint density at radius 3 is 2.39 bits per heavy atom. The molecule has 2 aliphatic rings. The van der Waals surface area contributed by atoms with Gasteiger partial charge >= 0.3 is 18.2 Å². The maximum absolute atomic E-state index is 12.3. The molecule has 0 aromatic heterocycles. The molecule has 2 rings (SSSR count). The number of methoxy groups -OCH3 is 2. The van der Waals surface area contributed by atoms with E-state index in [-0.39, 0.29) is 37.4 Å².